The summed E-state index contributed by atoms with van der Waals surface area (Å²) < 4.78 is 10.4. The molecule has 0 saturated carbocycles. The molecule has 3 heteroatoms. The van der Waals surface area contributed by atoms with Gasteiger partial charge in [0.2, 0.25) is 0 Å². The molecule has 78 valence electrons. The molecule has 1 aromatic rings. The van der Waals surface area contributed by atoms with Gasteiger partial charge < -0.3 is 9.47 Å². The summed E-state index contributed by atoms with van der Waals surface area (Å²) in [6.45, 7) is 0.696. The first-order chi connectivity index (χ1) is 6.77. The van der Waals surface area contributed by atoms with E-state index in [0.29, 0.717) is 6.61 Å². The molecule has 0 N–H and O–H groups in total. The Morgan fingerprint density at radius 3 is 2.36 bits per heavy atom. The van der Waals surface area contributed by atoms with Crippen LogP contribution in [0.2, 0.25) is 5.02 Å². The molecule has 0 spiro atoms. The van der Waals surface area contributed by atoms with E-state index in [9.17, 15) is 0 Å². The van der Waals surface area contributed by atoms with Gasteiger partial charge in [0.25, 0.3) is 0 Å². The van der Waals surface area contributed by atoms with Gasteiger partial charge in [-0.05, 0) is 17.7 Å². The van der Waals surface area contributed by atoms with Crippen LogP contribution < -0.4 is 0 Å². The number of rotatable bonds is 5. The van der Waals surface area contributed by atoms with Gasteiger partial charge in [0.15, 0.2) is 0 Å². The first-order valence-corrected chi connectivity index (χ1v) is 4.93. The monoisotopic (exact) mass is 214 g/mol. The summed E-state index contributed by atoms with van der Waals surface area (Å²) in [6, 6.07) is 7.70. The molecule has 0 fully saturated rings. The molecule has 0 aliphatic carbocycles. The normalized spacial score (nSPS) is 12.8. The van der Waals surface area contributed by atoms with Crippen LogP contribution >= 0.6 is 11.6 Å². The fourth-order valence-corrected chi connectivity index (χ4v) is 1.45. The van der Waals surface area contributed by atoms with Gasteiger partial charge in [0.05, 0.1) is 6.10 Å². The first kappa shape index (κ1) is 11.5. The summed E-state index contributed by atoms with van der Waals surface area (Å²) >= 11 is 5.80. The average Bonchev–Trinajstić information content (AvgIpc) is 2.21. The van der Waals surface area contributed by atoms with E-state index in [1.165, 1.54) is 0 Å². The number of ether oxygens (including phenoxy) is 2. The number of benzene rings is 1. The highest BCUT2D eigenvalue weighted by atomic mass is 35.5. The summed E-state index contributed by atoms with van der Waals surface area (Å²) in [5.74, 6) is 0. The molecule has 0 amide bonds. The standard InChI is InChI=1S/C11H15ClO2/c1-13-8-7-11(14-2)9-3-5-10(12)6-4-9/h3-6,11H,7-8H2,1-2H3/t11-/m0/s1. The van der Waals surface area contributed by atoms with Crippen molar-refractivity contribution in [1.82, 2.24) is 0 Å². The van der Waals surface area contributed by atoms with Crippen LogP contribution in [0.1, 0.15) is 18.1 Å². The minimum absolute atomic E-state index is 0.0900. The molecule has 1 atom stereocenters. The molecule has 1 rings (SSSR count). The van der Waals surface area contributed by atoms with E-state index in [1.807, 2.05) is 24.3 Å². The lowest BCUT2D eigenvalue weighted by atomic mass is 10.1. The lowest BCUT2D eigenvalue weighted by Gasteiger charge is -2.15. The maximum absolute atomic E-state index is 5.80. The van der Waals surface area contributed by atoms with Crippen LogP contribution in [0.3, 0.4) is 0 Å². The summed E-state index contributed by atoms with van der Waals surface area (Å²) in [5, 5.41) is 0.746. The molecular weight excluding hydrogens is 200 g/mol. The van der Waals surface area contributed by atoms with Gasteiger partial charge in [-0.2, -0.15) is 0 Å². The Hall–Kier alpha value is -0.570. The van der Waals surface area contributed by atoms with E-state index in [-0.39, 0.29) is 6.10 Å². The van der Waals surface area contributed by atoms with Gasteiger partial charge in [-0.25, -0.2) is 0 Å². The van der Waals surface area contributed by atoms with Crippen molar-refractivity contribution in [3.05, 3.63) is 34.9 Å². The average molecular weight is 215 g/mol. The zero-order valence-corrected chi connectivity index (χ0v) is 9.25. The van der Waals surface area contributed by atoms with E-state index < -0.39 is 0 Å². The lowest BCUT2D eigenvalue weighted by molar-refractivity contribution is 0.0662. The van der Waals surface area contributed by atoms with Crippen LogP contribution in [0.25, 0.3) is 0 Å². The Bertz CT molecular complexity index is 258. The van der Waals surface area contributed by atoms with Crippen molar-refractivity contribution >= 4 is 11.6 Å². The van der Waals surface area contributed by atoms with Gasteiger partial charge in [0.1, 0.15) is 0 Å². The van der Waals surface area contributed by atoms with Crippen LogP contribution in [0, 0.1) is 0 Å². The zero-order chi connectivity index (χ0) is 10.4. The van der Waals surface area contributed by atoms with Crippen molar-refractivity contribution in [3.8, 4) is 0 Å². The summed E-state index contributed by atoms with van der Waals surface area (Å²) in [6.07, 6.45) is 0.946. The maximum Gasteiger partial charge on any atom is 0.0843 e. The molecule has 0 saturated heterocycles. The molecular formula is C11H15ClO2. The molecule has 14 heavy (non-hydrogen) atoms. The fourth-order valence-electron chi connectivity index (χ4n) is 1.32. The molecule has 0 radical (unpaired) electrons. The second-order valence-corrected chi connectivity index (χ2v) is 3.49. The highest BCUT2D eigenvalue weighted by Crippen LogP contribution is 2.21. The Morgan fingerprint density at radius 1 is 1.21 bits per heavy atom. The van der Waals surface area contributed by atoms with Crippen LogP contribution in [-0.2, 0) is 9.47 Å². The number of methoxy groups -OCH3 is 2. The van der Waals surface area contributed by atoms with Crippen LogP contribution in [-0.4, -0.2) is 20.8 Å². The van der Waals surface area contributed by atoms with Crippen LogP contribution in [0.4, 0.5) is 0 Å². The largest absolute Gasteiger partial charge is 0.385 e. The zero-order valence-electron chi connectivity index (χ0n) is 8.50. The van der Waals surface area contributed by atoms with Gasteiger partial charge >= 0.3 is 0 Å². The van der Waals surface area contributed by atoms with Crippen molar-refractivity contribution in [2.75, 3.05) is 20.8 Å². The molecule has 0 aliphatic heterocycles. The van der Waals surface area contributed by atoms with E-state index in [4.69, 9.17) is 21.1 Å². The summed E-state index contributed by atoms with van der Waals surface area (Å²) in [4.78, 5) is 0. The minimum atomic E-state index is 0.0900. The predicted molar refractivity (Wildman–Crippen MR) is 57.7 cm³/mol. The summed E-state index contributed by atoms with van der Waals surface area (Å²) in [5.41, 5.74) is 1.13. The molecule has 0 bridgehead atoms. The highest BCUT2D eigenvalue weighted by Gasteiger charge is 2.09. The first-order valence-electron chi connectivity index (χ1n) is 4.55. The van der Waals surface area contributed by atoms with Crippen molar-refractivity contribution < 1.29 is 9.47 Å². The van der Waals surface area contributed by atoms with Gasteiger partial charge in [-0.3, -0.25) is 0 Å². The molecule has 0 aromatic heterocycles. The van der Waals surface area contributed by atoms with Crippen molar-refractivity contribution in [2.24, 2.45) is 0 Å². The van der Waals surface area contributed by atoms with Gasteiger partial charge in [0, 0.05) is 32.3 Å². The van der Waals surface area contributed by atoms with E-state index in [1.54, 1.807) is 14.2 Å². The number of halogens is 1. The van der Waals surface area contributed by atoms with Gasteiger partial charge in [-0.1, -0.05) is 23.7 Å². The quantitative estimate of drug-likeness (QED) is 0.750. The highest BCUT2D eigenvalue weighted by molar-refractivity contribution is 6.30. The maximum atomic E-state index is 5.80. The number of hydrogen-bond acceptors (Lipinski definition) is 2. The Morgan fingerprint density at radius 2 is 1.86 bits per heavy atom. The van der Waals surface area contributed by atoms with Crippen molar-refractivity contribution in [1.29, 1.82) is 0 Å². The minimum Gasteiger partial charge on any atom is -0.385 e. The smallest absolute Gasteiger partial charge is 0.0843 e. The van der Waals surface area contributed by atoms with Crippen LogP contribution in [0.15, 0.2) is 24.3 Å². The fraction of sp³-hybridized carbons (Fsp3) is 0.455. The van der Waals surface area contributed by atoms with E-state index in [0.717, 1.165) is 17.0 Å². The molecule has 0 heterocycles. The third-order valence-corrected chi connectivity index (χ3v) is 2.36. The summed E-state index contributed by atoms with van der Waals surface area (Å²) in [7, 11) is 3.39. The van der Waals surface area contributed by atoms with E-state index >= 15 is 0 Å². The SMILES string of the molecule is COCC[C@H](OC)c1ccc(Cl)cc1. The Labute approximate surface area is 89.8 Å². The van der Waals surface area contributed by atoms with Crippen molar-refractivity contribution in [3.63, 3.8) is 0 Å². The van der Waals surface area contributed by atoms with Gasteiger partial charge in [-0.15, -0.1) is 0 Å². The number of hydrogen-bond donors (Lipinski definition) is 0. The third kappa shape index (κ3) is 3.29. The molecule has 0 aliphatic rings. The van der Waals surface area contributed by atoms with Crippen molar-refractivity contribution in [2.45, 2.75) is 12.5 Å². The molecule has 0 unspecified atom stereocenters. The second kappa shape index (κ2) is 6.02. The topological polar surface area (TPSA) is 18.5 Å². The second-order valence-electron chi connectivity index (χ2n) is 3.06. The third-order valence-electron chi connectivity index (χ3n) is 2.11. The Kier molecular flexibility index (Phi) is 4.94. The lowest BCUT2D eigenvalue weighted by Crippen LogP contribution is -2.04. The van der Waals surface area contributed by atoms with Crippen LogP contribution in [0.5, 0.6) is 0 Å². The predicted octanol–water partition coefficient (Wildman–Crippen LogP) is 3.06. The molecule has 1 aromatic carbocycles. The Balaban J connectivity index is 2.64. The van der Waals surface area contributed by atoms with E-state index in [2.05, 4.69) is 0 Å². The molecule has 2 nitrogen and oxygen atoms in total.